The van der Waals surface area contributed by atoms with Gasteiger partial charge in [-0.05, 0) is 18.2 Å². The second-order valence-corrected chi connectivity index (χ2v) is 7.90. The van der Waals surface area contributed by atoms with Gasteiger partial charge in [-0.3, -0.25) is 0 Å². The van der Waals surface area contributed by atoms with Crippen LogP contribution in [0.4, 0.5) is 0 Å². The van der Waals surface area contributed by atoms with Crippen molar-refractivity contribution in [3.63, 3.8) is 0 Å². The Morgan fingerprint density at radius 1 is 0.433 bits per heavy atom. The lowest BCUT2D eigenvalue weighted by molar-refractivity contribution is 1.07. The van der Waals surface area contributed by atoms with Gasteiger partial charge in [0.1, 0.15) is 15.5 Å². The lowest BCUT2D eigenvalue weighted by Gasteiger charge is -2.11. The number of hydrogen-bond donors (Lipinski definition) is 0. The van der Waals surface area contributed by atoms with Crippen LogP contribution in [-0.2, 0) is 0 Å². The molecule has 4 rings (SSSR count). The fourth-order valence-corrected chi connectivity index (χ4v) is 3.57. The van der Waals surface area contributed by atoms with Gasteiger partial charge < -0.3 is 0 Å². The Balaban J connectivity index is 2.03. The molecule has 4 aromatic heterocycles. The molecule has 0 saturated heterocycles. The van der Waals surface area contributed by atoms with Crippen LogP contribution in [0.3, 0.4) is 0 Å². The largest absolute Gasteiger partial charge is 0.243 e. The van der Waals surface area contributed by atoms with Crippen LogP contribution in [0.1, 0.15) is 0 Å². The molecular weight excluding hydrogens is 513 g/mol. The molecule has 4 aromatic rings. The van der Waals surface area contributed by atoms with E-state index in [1.54, 1.807) is 18.2 Å². The molecule has 6 nitrogen and oxygen atoms in total. The molecule has 150 valence electrons. The Bertz CT molecular complexity index is 1110. The highest BCUT2D eigenvalue weighted by Gasteiger charge is 2.20. The summed E-state index contributed by atoms with van der Waals surface area (Å²) in [6.07, 6.45) is 4.46. The van der Waals surface area contributed by atoms with Crippen molar-refractivity contribution in [2.45, 2.75) is 0 Å². The van der Waals surface area contributed by atoms with Gasteiger partial charge in [0.15, 0.2) is 17.5 Å². The minimum absolute atomic E-state index is 0.104. The second kappa shape index (κ2) is 8.75. The van der Waals surface area contributed by atoms with Gasteiger partial charge in [0.2, 0.25) is 0 Å². The highest BCUT2D eigenvalue weighted by molar-refractivity contribution is 6.44. The average molecular weight is 519 g/mol. The van der Waals surface area contributed by atoms with Crippen LogP contribution in [0.15, 0.2) is 36.8 Å². The van der Waals surface area contributed by atoms with Crippen molar-refractivity contribution in [2.75, 3.05) is 0 Å². The van der Waals surface area contributed by atoms with E-state index in [1.165, 1.54) is 18.6 Å². The average Bonchev–Trinajstić information content (AvgIpc) is 2.73. The summed E-state index contributed by atoms with van der Waals surface area (Å²) in [4.78, 5) is 25.3. The molecule has 0 N–H and O–H groups in total. The Hall–Kier alpha value is -1.80. The second-order valence-electron chi connectivity index (χ2n) is 5.70. The third kappa shape index (κ3) is 4.04. The molecule has 0 spiro atoms. The number of aromatic nitrogens is 6. The van der Waals surface area contributed by atoms with Crippen molar-refractivity contribution in [3.05, 3.63) is 67.3 Å². The Morgan fingerprint density at radius 3 is 0.967 bits per heavy atom. The van der Waals surface area contributed by atoms with Gasteiger partial charge in [-0.25, -0.2) is 29.9 Å². The number of rotatable bonds is 3. The first-order valence-corrected chi connectivity index (χ1v) is 10.3. The highest BCUT2D eigenvalue weighted by atomic mass is 35.5. The molecule has 30 heavy (non-hydrogen) atoms. The topological polar surface area (TPSA) is 77.3 Å². The van der Waals surface area contributed by atoms with E-state index in [2.05, 4.69) is 29.9 Å². The third-order valence-electron chi connectivity index (χ3n) is 3.90. The van der Waals surface area contributed by atoms with E-state index in [1.807, 2.05) is 0 Å². The van der Waals surface area contributed by atoms with Crippen molar-refractivity contribution >= 4 is 69.6 Å². The Kier molecular flexibility index (Phi) is 6.25. The minimum atomic E-state index is 0.104. The van der Waals surface area contributed by atoms with E-state index in [4.69, 9.17) is 69.6 Å². The Morgan fingerprint density at radius 2 is 0.700 bits per heavy atom. The summed E-state index contributed by atoms with van der Waals surface area (Å²) >= 11 is 37.2. The molecule has 0 atom stereocenters. The first kappa shape index (κ1) is 21.4. The standard InChI is InChI=1S/C18H6Cl6N6/c19-10-7(1-4-25-13(10)22)16-28-17(8-2-5-26-14(23)11(8)20)30-18(29-16)9-3-6-27-15(24)12(9)21/h1-6H. The van der Waals surface area contributed by atoms with Gasteiger partial charge >= 0.3 is 0 Å². The van der Waals surface area contributed by atoms with Gasteiger partial charge in [-0.1, -0.05) is 69.6 Å². The quantitative estimate of drug-likeness (QED) is 0.272. The van der Waals surface area contributed by atoms with Crippen LogP contribution >= 0.6 is 69.6 Å². The molecule has 0 aromatic carbocycles. The summed E-state index contributed by atoms with van der Waals surface area (Å²) in [7, 11) is 0. The summed E-state index contributed by atoms with van der Waals surface area (Å²) in [6.45, 7) is 0. The summed E-state index contributed by atoms with van der Waals surface area (Å²) < 4.78 is 0. The van der Waals surface area contributed by atoms with Crippen LogP contribution in [-0.4, -0.2) is 29.9 Å². The molecule has 0 radical (unpaired) electrons. The number of nitrogens with zero attached hydrogens (tertiary/aromatic N) is 6. The third-order valence-corrected chi connectivity index (χ3v) is 6.20. The minimum Gasteiger partial charge on any atom is -0.243 e. The normalized spacial score (nSPS) is 11.0. The molecule has 0 saturated carbocycles. The summed E-state index contributed by atoms with van der Waals surface area (Å²) in [5.41, 5.74) is 1.32. The number of pyridine rings is 3. The lowest BCUT2D eigenvalue weighted by Crippen LogP contribution is -2.02. The summed E-state index contributed by atoms with van der Waals surface area (Å²) in [5.74, 6) is 0.659. The zero-order valence-corrected chi connectivity index (χ0v) is 19.0. The predicted molar refractivity (Wildman–Crippen MR) is 120 cm³/mol. The molecule has 4 heterocycles. The fourth-order valence-electron chi connectivity index (χ4n) is 2.51. The maximum Gasteiger partial charge on any atom is 0.165 e. The van der Waals surface area contributed by atoms with E-state index >= 15 is 0 Å². The maximum atomic E-state index is 6.33. The fraction of sp³-hybridized carbons (Fsp3) is 0. The number of halogens is 6. The molecule has 0 fully saturated rings. The van der Waals surface area contributed by atoms with Crippen molar-refractivity contribution in [1.29, 1.82) is 0 Å². The molecule has 0 aliphatic rings. The van der Waals surface area contributed by atoms with Crippen molar-refractivity contribution in [1.82, 2.24) is 29.9 Å². The van der Waals surface area contributed by atoms with E-state index in [0.29, 0.717) is 16.7 Å². The van der Waals surface area contributed by atoms with Crippen LogP contribution in [0.2, 0.25) is 30.5 Å². The summed E-state index contributed by atoms with van der Waals surface area (Å²) in [6, 6.07) is 4.87. The lowest BCUT2D eigenvalue weighted by atomic mass is 10.2. The van der Waals surface area contributed by atoms with Crippen molar-refractivity contribution in [3.8, 4) is 34.2 Å². The van der Waals surface area contributed by atoms with E-state index in [9.17, 15) is 0 Å². The number of hydrogen-bond acceptors (Lipinski definition) is 6. The molecule has 0 aliphatic carbocycles. The van der Waals surface area contributed by atoms with E-state index < -0.39 is 0 Å². The van der Waals surface area contributed by atoms with Crippen molar-refractivity contribution in [2.24, 2.45) is 0 Å². The van der Waals surface area contributed by atoms with Gasteiger partial charge in [-0.2, -0.15) is 0 Å². The van der Waals surface area contributed by atoms with E-state index in [0.717, 1.165) is 0 Å². The molecule has 0 bridgehead atoms. The molecule has 0 unspecified atom stereocenters. The van der Waals surface area contributed by atoms with Crippen LogP contribution in [0.5, 0.6) is 0 Å². The predicted octanol–water partition coefficient (Wildman–Crippen LogP) is 6.98. The van der Waals surface area contributed by atoms with Crippen LogP contribution in [0.25, 0.3) is 34.2 Å². The van der Waals surface area contributed by atoms with E-state index in [-0.39, 0.29) is 48.0 Å². The van der Waals surface area contributed by atoms with Crippen LogP contribution < -0.4 is 0 Å². The first-order chi connectivity index (χ1) is 14.4. The SMILES string of the molecule is Clc1nccc(-c2nc(-c3ccnc(Cl)c3Cl)nc(-c3ccnc(Cl)c3Cl)n2)c1Cl. The first-order valence-electron chi connectivity index (χ1n) is 8.04. The summed E-state index contributed by atoms with van der Waals surface area (Å²) in [5, 5.41) is 0.855. The van der Waals surface area contributed by atoms with Crippen molar-refractivity contribution < 1.29 is 0 Å². The molecule has 0 amide bonds. The van der Waals surface area contributed by atoms with Gasteiger partial charge in [0.05, 0.1) is 15.1 Å². The molecular formula is C18H6Cl6N6. The van der Waals surface area contributed by atoms with Gasteiger partial charge in [0, 0.05) is 35.3 Å². The zero-order chi connectivity index (χ0) is 21.4. The van der Waals surface area contributed by atoms with Crippen LogP contribution in [0, 0.1) is 0 Å². The van der Waals surface area contributed by atoms with Gasteiger partial charge in [0.25, 0.3) is 0 Å². The maximum absolute atomic E-state index is 6.33. The molecule has 0 aliphatic heterocycles. The monoisotopic (exact) mass is 516 g/mol. The zero-order valence-electron chi connectivity index (χ0n) is 14.4. The highest BCUT2D eigenvalue weighted by Crippen LogP contribution is 2.36. The smallest absolute Gasteiger partial charge is 0.165 e. The Labute approximate surface area is 200 Å². The van der Waals surface area contributed by atoms with Gasteiger partial charge in [-0.15, -0.1) is 0 Å². The molecule has 12 heteroatoms.